The largest absolute Gasteiger partial charge is 0.494 e. The van der Waals surface area contributed by atoms with Crippen LogP contribution in [-0.4, -0.2) is 29.3 Å². The van der Waals surface area contributed by atoms with Crippen LogP contribution in [0.4, 0.5) is 0 Å². The first kappa shape index (κ1) is 18.2. The molecule has 1 aliphatic rings. The second-order valence-electron chi connectivity index (χ2n) is 5.08. The molecule has 1 aromatic carbocycles. The fourth-order valence-corrected chi connectivity index (χ4v) is 2.01. The standard InChI is InChI=1S/C14H21N5O2.BrH/c1-4-20-11-7-5-10(6-8-11)9-21-19-13(16)17-12(15)18-14(19,2)3;/h5-8H,4,9H2,1-3H3,(H4,15,16,17,18);1H. The first-order chi connectivity index (χ1) is 9.92. The Morgan fingerprint density at radius 3 is 2.36 bits per heavy atom. The number of hydroxylamine groups is 2. The molecule has 1 aromatic rings. The van der Waals surface area contributed by atoms with Gasteiger partial charge in [-0.2, -0.15) is 10.1 Å². The van der Waals surface area contributed by atoms with Gasteiger partial charge in [0.05, 0.1) is 6.61 Å². The molecule has 0 amide bonds. The van der Waals surface area contributed by atoms with Crippen molar-refractivity contribution in [1.29, 1.82) is 0 Å². The Kier molecular flexibility index (Phi) is 6.19. The molecule has 0 spiro atoms. The molecule has 1 heterocycles. The summed E-state index contributed by atoms with van der Waals surface area (Å²) in [4.78, 5) is 13.8. The number of hydrogen-bond donors (Lipinski definition) is 2. The minimum Gasteiger partial charge on any atom is -0.494 e. The lowest BCUT2D eigenvalue weighted by atomic mass is 10.2. The first-order valence-electron chi connectivity index (χ1n) is 6.77. The van der Waals surface area contributed by atoms with Crippen molar-refractivity contribution in [3.63, 3.8) is 0 Å². The van der Waals surface area contributed by atoms with Crippen molar-refractivity contribution in [3.8, 4) is 5.75 Å². The molecule has 0 saturated heterocycles. The van der Waals surface area contributed by atoms with Crippen LogP contribution in [0.15, 0.2) is 34.3 Å². The highest BCUT2D eigenvalue weighted by molar-refractivity contribution is 8.93. The number of hydrogen-bond acceptors (Lipinski definition) is 7. The van der Waals surface area contributed by atoms with E-state index in [2.05, 4.69) is 9.98 Å². The van der Waals surface area contributed by atoms with Gasteiger partial charge in [-0.15, -0.1) is 17.0 Å². The highest BCUT2D eigenvalue weighted by atomic mass is 79.9. The second kappa shape index (κ2) is 7.46. The van der Waals surface area contributed by atoms with Crippen molar-refractivity contribution in [1.82, 2.24) is 5.06 Å². The lowest BCUT2D eigenvalue weighted by Crippen LogP contribution is -2.53. The van der Waals surface area contributed by atoms with E-state index in [-0.39, 0.29) is 28.9 Å². The summed E-state index contributed by atoms with van der Waals surface area (Å²) < 4.78 is 5.40. The van der Waals surface area contributed by atoms with E-state index in [0.717, 1.165) is 11.3 Å². The number of benzene rings is 1. The lowest BCUT2D eigenvalue weighted by molar-refractivity contribution is -0.166. The molecule has 22 heavy (non-hydrogen) atoms. The van der Waals surface area contributed by atoms with Gasteiger partial charge in [0.25, 0.3) is 0 Å². The van der Waals surface area contributed by atoms with E-state index in [1.54, 1.807) is 0 Å². The Bertz CT molecular complexity index is 557. The van der Waals surface area contributed by atoms with Crippen molar-refractivity contribution in [2.45, 2.75) is 33.0 Å². The van der Waals surface area contributed by atoms with E-state index in [4.69, 9.17) is 21.0 Å². The van der Waals surface area contributed by atoms with Crippen molar-refractivity contribution in [2.24, 2.45) is 21.5 Å². The summed E-state index contributed by atoms with van der Waals surface area (Å²) in [5.74, 6) is 1.18. The van der Waals surface area contributed by atoms with E-state index in [9.17, 15) is 0 Å². The number of aliphatic imine (C=N–C) groups is 2. The van der Waals surface area contributed by atoms with Crippen LogP contribution in [0.2, 0.25) is 0 Å². The van der Waals surface area contributed by atoms with Crippen LogP contribution < -0.4 is 16.2 Å². The molecule has 2 rings (SSSR count). The molecule has 0 unspecified atom stereocenters. The highest BCUT2D eigenvalue weighted by Crippen LogP contribution is 2.21. The SMILES string of the molecule is Br.CCOc1ccc(CON2C(N)=NC(N)=NC2(C)C)cc1. The van der Waals surface area contributed by atoms with Crippen molar-refractivity contribution >= 4 is 28.9 Å². The summed E-state index contributed by atoms with van der Waals surface area (Å²) in [6.45, 7) is 6.63. The van der Waals surface area contributed by atoms with Crippen molar-refractivity contribution < 1.29 is 9.57 Å². The molecule has 0 fully saturated rings. The molecule has 0 aromatic heterocycles. The molecule has 1 aliphatic heterocycles. The summed E-state index contributed by atoms with van der Waals surface area (Å²) >= 11 is 0. The maximum absolute atomic E-state index is 5.84. The molecule has 0 atom stereocenters. The molecule has 122 valence electrons. The van der Waals surface area contributed by atoms with Gasteiger partial charge in [0.15, 0.2) is 5.66 Å². The molecular formula is C14H22BrN5O2. The van der Waals surface area contributed by atoms with E-state index < -0.39 is 5.66 Å². The normalized spacial score (nSPS) is 16.4. The van der Waals surface area contributed by atoms with Crippen LogP contribution in [0.1, 0.15) is 26.3 Å². The number of nitrogens with two attached hydrogens (primary N) is 2. The van der Waals surface area contributed by atoms with E-state index in [0.29, 0.717) is 13.2 Å². The highest BCUT2D eigenvalue weighted by Gasteiger charge is 2.33. The monoisotopic (exact) mass is 371 g/mol. The van der Waals surface area contributed by atoms with Gasteiger partial charge in [-0.05, 0) is 38.5 Å². The average Bonchev–Trinajstić information content (AvgIpc) is 2.38. The minimum absolute atomic E-state index is 0. The quantitative estimate of drug-likeness (QED) is 0.821. The lowest BCUT2D eigenvalue weighted by Gasteiger charge is -2.36. The smallest absolute Gasteiger partial charge is 0.226 e. The first-order valence-corrected chi connectivity index (χ1v) is 6.77. The summed E-state index contributed by atoms with van der Waals surface area (Å²) in [7, 11) is 0. The number of nitrogens with zero attached hydrogens (tertiary/aromatic N) is 3. The third kappa shape index (κ3) is 4.35. The van der Waals surface area contributed by atoms with Gasteiger partial charge in [-0.25, -0.2) is 4.99 Å². The van der Waals surface area contributed by atoms with Crippen LogP contribution in [0.5, 0.6) is 5.75 Å². The fourth-order valence-electron chi connectivity index (χ4n) is 2.01. The summed E-state index contributed by atoms with van der Waals surface area (Å²) in [6.07, 6.45) is 0. The zero-order valence-electron chi connectivity index (χ0n) is 12.9. The van der Waals surface area contributed by atoms with E-state index >= 15 is 0 Å². The van der Waals surface area contributed by atoms with Gasteiger partial charge in [-0.3, -0.25) is 4.84 Å². The second-order valence-corrected chi connectivity index (χ2v) is 5.08. The minimum atomic E-state index is -0.693. The molecule has 0 saturated carbocycles. The van der Waals surface area contributed by atoms with Crippen LogP contribution in [0.25, 0.3) is 0 Å². The van der Waals surface area contributed by atoms with Crippen LogP contribution in [-0.2, 0) is 11.4 Å². The molecular weight excluding hydrogens is 350 g/mol. The Balaban J connectivity index is 0.00000242. The van der Waals surface area contributed by atoms with Gasteiger partial charge < -0.3 is 16.2 Å². The van der Waals surface area contributed by atoms with Gasteiger partial charge >= 0.3 is 0 Å². The molecule has 7 nitrogen and oxygen atoms in total. The van der Waals surface area contributed by atoms with Crippen molar-refractivity contribution in [3.05, 3.63) is 29.8 Å². The third-order valence-electron chi connectivity index (χ3n) is 2.92. The predicted octanol–water partition coefficient (Wildman–Crippen LogP) is 1.78. The van der Waals surface area contributed by atoms with Crippen molar-refractivity contribution in [2.75, 3.05) is 6.61 Å². The van der Waals surface area contributed by atoms with Crippen LogP contribution in [0.3, 0.4) is 0 Å². The Morgan fingerprint density at radius 1 is 1.18 bits per heavy atom. The maximum Gasteiger partial charge on any atom is 0.226 e. The predicted molar refractivity (Wildman–Crippen MR) is 91.9 cm³/mol. The summed E-state index contributed by atoms with van der Waals surface area (Å²) in [5.41, 5.74) is 11.7. The number of rotatable bonds is 5. The Hall–Kier alpha value is -1.80. The van der Waals surface area contributed by atoms with E-state index in [1.165, 1.54) is 5.06 Å². The summed E-state index contributed by atoms with van der Waals surface area (Å²) in [6, 6.07) is 7.67. The van der Waals surface area contributed by atoms with Gasteiger partial charge in [0, 0.05) is 0 Å². The molecule has 4 N–H and O–H groups in total. The fraction of sp³-hybridized carbons (Fsp3) is 0.429. The van der Waals surface area contributed by atoms with Crippen LogP contribution in [0, 0.1) is 0 Å². The molecule has 0 aliphatic carbocycles. The molecule has 0 radical (unpaired) electrons. The molecule has 8 heteroatoms. The number of ether oxygens (including phenoxy) is 1. The topological polar surface area (TPSA) is 98.5 Å². The average molecular weight is 372 g/mol. The number of guanidine groups is 2. The van der Waals surface area contributed by atoms with Gasteiger partial charge in [0.2, 0.25) is 11.9 Å². The third-order valence-corrected chi connectivity index (χ3v) is 2.92. The Morgan fingerprint density at radius 2 is 1.82 bits per heavy atom. The number of halogens is 1. The zero-order valence-corrected chi connectivity index (χ0v) is 14.7. The van der Waals surface area contributed by atoms with Crippen LogP contribution >= 0.6 is 17.0 Å². The zero-order chi connectivity index (χ0) is 15.5. The van der Waals surface area contributed by atoms with Gasteiger partial charge in [0.1, 0.15) is 12.4 Å². The summed E-state index contributed by atoms with van der Waals surface area (Å²) in [5, 5.41) is 1.46. The maximum atomic E-state index is 5.84. The Labute approximate surface area is 140 Å². The van der Waals surface area contributed by atoms with Gasteiger partial charge in [-0.1, -0.05) is 12.1 Å². The molecule has 0 bridgehead atoms. The van der Waals surface area contributed by atoms with E-state index in [1.807, 2.05) is 45.0 Å².